The number of aryl methyl sites for hydroxylation is 1. The summed E-state index contributed by atoms with van der Waals surface area (Å²) in [6, 6.07) is 1.52. The van der Waals surface area contributed by atoms with E-state index in [4.69, 9.17) is 0 Å². The summed E-state index contributed by atoms with van der Waals surface area (Å²) < 4.78 is 1.37. The lowest BCUT2D eigenvalue weighted by Crippen LogP contribution is -2.34. The van der Waals surface area contributed by atoms with E-state index in [0.717, 1.165) is 51.6 Å². The van der Waals surface area contributed by atoms with Crippen molar-refractivity contribution in [3.63, 3.8) is 0 Å². The molecule has 1 aliphatic rings. The molecule has 0 saturated carbocycles. The highest BCUT2D eigenvalue weighted by molar-refractivity contribution is 5.97. The monoisotopic (exact) mass is 347 g/mol. The summed E-state index contributed by atoms with van der Waals surface area (Å²) in [6.45, 7) is 5.39. The molecule has 1 aromatic rings. The molecular formula is C19H29N3O3. The van der Waals surface area contributed by atoms with Crippen molar-refractivity contribution in [3.8, 4) is 0 Å². The zero-order valence-corrected chi connectivity index (χ0v) is 15.5. The van der Waals surface area contributed by atoms with Gasteiger partial charge in [0.1, 0.15) is 5.69 Å². The van der Waals surface area contributed by atoms with E-state index in [1.54, 1.807) is 13.2 Å². The van der Waals surface area contributed by atoms with Crippen molar-refractivity contribution < 1.29 is 9.59 Å². The maximum atomic E-state index is 12.8. The first-order chi connectivity index (χ1) is 12.0. The number of rotatable bonds is 5. The Morgan fingerprint density at radius 1 is 1.12 bits per heavy atom. The minimum atomic E-state index is -0.299. The number of carbonyl (C=O) groups is 2. The third-order valence-electron chi connectivity index (χ3n) is 4.94. The molecule has 1 fully saturated rings. The molecule has 0 aliphatic carbocycles. The summed E-state index contributed by atoms with van der Waals surface area (Å²) in [4.78, 5) is 39.3. The molecule has 0 bridgehead atoms. The molecule has 1 aromatic heterocycles. The van der Waals surface area contributed by atoms with Gasteiger partial charge in [-0.2, -0.15) is 0 Å². The second-order valence-corrected chi connectivity index (χ2v) is 6.77. The highest BCUT2D eigenvalue weighted by Crippen LogP contribution is 2.16. The van der Waals surface area contributed by atoms with Gasteiger partial charge in [0.15, 0.2) is 0 Å². The third kappa shape index (κ3) is 4.71. The van der Waals surface area contributed by atoms with Crippen LogP contribution < -0.4 is 10.9 Å². The Labute approximate surface area is 149 Å². The van der Waals surface area contributed by atoms with E-state index in [1.165, 1.54) is 10.6 Å². The van der Waals surface area contributed by atoms with E-state index in [-0.39, 0.29) is 29.0 Å². The number of nitrogens with one attached hydrogen (secondary N) is 1. The molecule has 25 heavy (non-hydrogen) atoms. The molecule has 0 aromatic carbocycles. The minimum Gasteiger partial charge on any atom is -0.339 e. The number of hydrogen-bond donors (Lipinski definition) is 1. The maximum Gasteiger partial charge on any atom is 0.274 e. The number of hydrogen-bond acceptors (Lipinski definition) is 3. The molecule has 0 atom stereocenters. The molecule has 0 spiro atoms. The number of pyridine rings is 1. The SMILES string of the molecule is CCC(CC)C(=O)Nc1cc(C(=O)N2CCCCCC2)cn(C)c1=O. The predicted octanol–water partition coefficient (Wildman–Crippen LogP) is 2.78. The number of carbonyl (C=O) groups excluding carboxylic acids is 2. The summed E-state index contributed by atoms with van der Waals surface area (Å²) >= 11 is 0. The van der Waals surface area contributed by atoms with E-state index in [2.05, 4.69) is 5.32 Å². The number of nitrogens with zero attached hydrogens (tertiary/aromatic N) is 2. The van der Waals surface area contributed by atoms with Gasteiger partial charge in [0, 0.05) is 32.3 Å². The van der Waals surface area contributed by atoms with Gasteiger partial charge in [-0.1, -0.05) is 26.7 Å². The number of anilines is 1. The maximum absolute atomic E-state index is 12.8. The Balaban J connectivity index is 2.26. The number of likely N-dealkylation sites (tertiary alicyclic amines) is 1. The topological polar surface area (TPSA) is 71.4 Å². The standard InChI is InChI=1S/C19H29N3O3/c1-4-14(5-2)17(23)20-16-12-15(13-21(3)19(16)25)18(24)22-10-8-6-7-9-11-22/h12-14H,4-11H2,1-3H3,(H,20,23). The lowest BCUT2D eigenvalue weighted by Gasteiger charge is -2.21. The van der Waals surface area contributed by atoms with Crippen LogP contribution in [0.1, 0.15) is 62.7 Å². The van der Waals surface area contributed by atoms with Crippen LogP contribution in [-0.2, 0) is 11.8 Å². The van der Waals surface area contributed by atoms with Gasteiger partial charge < -0.3 is 14.8 Å². The van der Waals surface area contributed by atoms with Gasteiger partial charge in [0.2, 0.25) is 5.91 Å². The smallest absolute Gasteiger partial charge is 0.274 e. The van der Waals surface area contributed by atoms with Crippen LogP contribution in [0.15, 0.2) is 17.1 Å². The van der Waals surface area contributed by atoms with E-state index in [0.29, 0.717) is 5.56 Å². The van der Waals surface area contributed by atoms with Crippen LogP contribution in [0.4, 0.5) is 5.69 Å². The fraction of sp³-hybridized carbons (Fsp3) is 0.632. The Bertz CT molecular complexity index is 669. The van der Waals surface area contributed by atoms with E-state index in [1.807, 2.05) is 18.7 Å². The second-order valence-electron chi connectivity index (χ2n) is 6.77. The van der Waals surface area contributed by atoms with Gasteiger partial charge in [0.25, 0.3) is 11.5 Å². The minimum absolute atomic E-state index is 0.0736. The predicted molar refractivity (Wildman–Crippen MR) is 98.8 cm³/mol. The Morgan fingerprint density at radius 2 is 1.72 bits per heavy atom. The van der Waals surface area contributed by atoms with E-state index in [9.17, 15) is 14.4 Å². The third-order valence-corrected chi connectivity index (χ3v) is 4.94. The fourth-order valence-electron chi connectivity index (χ4n) is 3.27. The van der Waals surface area contributed by atoms with Crippen LogP contribution in [0.25, 0.3) is 0 Å². The first kappa shape index (κ1) is 19.2. The van der Waals surface area contributed by atoms with Crippen LogP contribution in [0.2, 0.25) is 0 Å². The van der Waals surface area contributed by atoms with Gasteiger partial charge >= 0.3 is 0 Å². The zero-order valence-electron chi connectivity index (χ0n) is 15.5. The average Bonchev–Trinajstić information content (AvgIpc) is 2.88. The Hall–Kier alpha value is -2.11. The summed E-state index contributed by atoms with van der Waals surface area (Å²) in [5.74, 6) is -0.369. The number of aromatic nitrogens is 1. The average molecular weight is 347 g/mol. The zero-order chi connectivity index (χ0) is 18.4. The Kier molecular flexibility index (Phi) is 6.79. The largest absolute Gasteiger partial charge is 0.339 e. The van der Waals surface area contributed by atoms with Crippen molar-refractivity contribution >= 4 is 17.5 Å². The second kappa shape index (κ2) is 8.83. The molecule has 6 nitrogen and oxygen atoms in total. The molecule has 1 saturated heterocycles. The first-order valence-electron chi connectivity index (χ1n) is 9.28. The van der Waals surface area contributed by atoms with Crippen molar-refractivity contribution in [1.82, 2.24) is 9.47 Å². The highest BCUT2D eigenvalue weighted by atomic mass is 16.2. The van der Waals surface area contributed by atoms with Crippen molar-refractivity contribution in [3.05, 3.63) is 28.2 Å². The summed E-state index contributed by atoms with van der Waals surface area (Å²) in [5.41, 5.74) is 0.329. The van der Waals surface area contributed by atoms with Crippen molar-refractivity contribution in [1.29, 1.82) is 0 Å². The summed E-state index contributed by atoms with van der Waals surface area (Å²) in [5, 5.41) is 2.72. The molecule has 1 aliphatic heterocycles. The molecule has 2 amide bonds. The van der Waals surface area contributed by atoms with Gasteiger partial charge in [-0.05, 0) is 31.7 Å². The molecular weight excluding hydrogens is 318 g/mol. The Morgan fingerprint density at radius 3 is 2.28 bits per heavy atom. The highest BCUT2D eigenvalue weighted by Gasteiger charge is 2.21. The molecule has 2 rings (SSSR count). The lowest BCUT2D eigenvalue weighted by molar-refractivity contribution is -0.120. The molecule has 2 heterocycles. The fourth-order valence-corrected chi connectivity index (χ4v) is 3.27. The van der Waals surface area contributed by atoms with Gasteiger partial charge in [0.05, 0.1) is 5.56 Å². The molecule has 6 heteroatoms. The van der Waals surface area contributed by atoms with Crippen molar-refractivity contribution in [2.45, 2.75) is 52.4 Å². The quantitative estimate of drug-likeness (QED) is 0.890. The van der Waals surface area contributed by atoms with E-state index >= 15 is 0 Å². The van der Waals surface area contributed by atoms with Gasteiger partial charge in [-0.25, -0.2) is 0 Å². The van der Waals surface area contributed by atoms with Crippen LogP contribution >= 0.6 is 0 Å². The number of amides is 2. The molecule has 0 radical (unpaired) electrons. The summed E-state index contributed by atoms with van der Waals surface area (Å²) in [6.07, 6.45) is 7.31. The first-order valence-corrected chi connectivity index (χ1v) is 9.28. The van der Waals surface area contributed by atoms with Crippen molar-refractivity contribution in [2.75, 3.05) is 18.4 Å². The normalized spacial score (nSPS) is 15.1. The summed E-state index contributed by atoms with van der Waals surface area (Å²) in [7, 11) is 1.61. The van der Waals surface area contributed by atoms with Gasteiger partial charge in [-0.3, -0.25) is 14.4 Å². The lowest BCUT2D eigenvalue weighted by atomic mass is 10.0. The van der Waals surface area contributed by atoms with Crippen LogP contribution in [0.3, 0.4) is 0 Å². The van der Waals surface area contributed by atoms with Crippen LogP contribution in [-0.4, -0.2) is 34.4 Å². The van der Waals surface area contributed by atoms with Crippen LogP contribution in [0.5, 0.6) is 0 Å². The molecule has 1 N–H and O–H groups in total. The van der Waals surface area contributed by atoms with Crippen LogP contribution in [0, 0.1) is 5.92 Å². The van der Waals surface area contributed by atoms with Gasteiger partial charge in [-0.15, -0.1) is 0 Å². The molecule has 0 unspecified atom stereocenters. The van der Waals surface area contributed by atoms with Crippen molar-refractivity contribution in [2.24, 2.45) is 13.0 Å². The molecule has 138 valence electrons. The van der Waals surface area contributed by atoms with E-state index < -0.39 is 0 Å².